The van der Waals surface area contributed by atoms with Gasteiger partial charge in [0.15, 0.2) is 0 Å². The average Bonchev–Trinajstić information content (AvgIpc) is 2.64. The lowest BCUT2D eigenvalue weighted by atomic mass is 9.93. The Bertz CT molecular complexity index is 224. The highest BCUT2D eigenvalue weighted by Gasteiger charge is 2.30. The van der Waals surface area contributed by atoms with Crippen molar-refractivity contribution < 1.29 is 4.74 Å². The van der Waals surface area contributed by atoms with E-state index in [0.29, 0.717) is 23.6 Å². The zero-order valence-electron chi connectivity index (χ0n) is 10.5. The lowest BCUT2D eigenvalue weighted by Gasteiger charge is -2.36. The Morgan fingerprint density at radius 3 is 2.56 bits per heavy atom. The Morgan fingerprint density at radius 2 is 1.94 bits per heavy atom. The van der Waals surface area contributed by atoms with Crippen LogP contribution in [-0.4, -0.2) is 42.1 Å². The Morgan fingerprint density at radius 1 is 1.19 bits per heavy atom. The second-order valence-electron chi connectivity index (χ2n) is 5.45. The summed E-state index contributed by atoms with van der Waals surface area (Å²) in [7, 11) is 2.21. The first-order chi connectivity index (χ1) is 7.66. The van der Waals surface area contributed by atoms with Gasteiger partial charge in [-0.2, -0.15) is 0 Å². The molecule has 4 atom stereocenters. The quantitative estimate of drug-likeness (QED) is 0.709. The van der Waals surface area contributed by atoms with Gasteiger partial charge < -0.3 is 4.74 Å². The molecule has 1 aliphatic carbocycles. The molecule has 0 spiro atoms. The molecule has 0 bridgehead atoms. The van der Waals surface area contributed by atoms with Gasteiger partial charge in [0.25, 0.3) is 0 Å². The van der Waals surface area contributed by atoms with Crippen molar-refractivity contribution in [2.75, 3.05) is 13.6 Å². The van der Waals surface area contributed by atoms with Crippen molar-refractivity contribution in [3.63, 3.8) is 0 Å². The van der Waals surface area contributed by atoms with Gasteiger partial charge in [0.1, 0.15) is 0 Å². The van der Waals surface area contributed by atoms with E-state index in [1.165, 1.54) is 38.5 Å². The molecule has 3 heteroatoms. The third-order valence-corrected chi connectivity index (χ3v) is 4.53. The van der Waals surface area contributed by atoms with E-state index in [4.69, 9.17) is 16.3 Å². The first-order valence-electron chi connectivity index (χ1n) is 6.66. The van der Waals surface area contributed by atoms with E-state index in [2.05, 4.69) is 18.9 Å². The van der Waals surface area contributed by atoms with Gasteiger partial charge in [0, 0.05) is 18.0 Å². The first-order valence-corrected chi connectivity index (χ1v) is 7.10. The van der Waals surface area contributed by atoms with E-state index in [9.17, 15) is 0 Å². The molecule has 1 saturated heterocycles. The average molecular weight is 246 g/mol. The van der Waals surface area contributed by atoms with Crippen LogP contribution in [-0.2, 0) is 4.74 Å². The SMILES string of the molecule is CC1CCC(CN(C)C2CCCCC2Cl)O1. The van der Waals surface area contributed by atoms with Gasteiger partial charge in [-0.05, 0) is 39.7 Å². The zero-order chi connectivity index (χ0) is 11.5. The molecule has 0 aromatic rings. The van der Waals surface area contributed by atoms with Gasteiger partial charge in [0.2, 0.25) is 0 Å². The third-order valence-electron chi connectivity index (χ3n) is 4.02. The predicted molar refractivity (Wildman–Crippen MR) is 68.1 cm³/mol. The van der Waals surface area contributed by atoms with Crippen LogP contribution in [0.4, 0.5) is 0 Å². The minimum Gasteiger partial charge on any atom is -0.374 e. The number of nitrogens with zero attached hydrogens (tertiary/aromatic N) is 1. The number of hydrogen-bond donors (Lipinski definition) is 0. The normalized spacial score (nSPS) is 40.5. The van der Waals surface area contributed by atoms with Crippen LogP contribution in [0.3, 0.4) is 0 Å². The lowest BCUT2D eigenvalue weighted by Crippen LogP contribution is -2.44. The topological polar surface area (TPSA) is 12.5 Å². The fourth-order valence-electron chi connectivity index (χ4n) is 3.04. The molecule has 1 heterocycles. The molecule has 2 fully saturated rings. The second kappa shape index (κ2) is 5.70. The van der Waals surface area contributed by atoms with Gasteiger partial charge in [-0.1, -0.05) is 12.8 Å². The number of rotatable bonds is 3. The molecule has 1 saturated carbocycles. The van der Waals surface area contributed by atoms with Crippen LogP contribution in [0.5, 0.6) is 0 Å². The van der Waals surface area contributed by atoms with Crippen molar-refractivity contribution in [1.82, 2.24) is 4.90 Å². The van der Waals surface area contributed by atoms with Crippen LogP contribution < -0.4 is 0 Å². The number of likely N-dealkylation sites (N-methyl/N-ethyl adjacent to an activating group) is 1. The highest BCUT2D eigenvalue weighted by atomic mass is 35.5. The van der Waals surface area contributed by atoms with Crippen molar-refractivity contribution in [2.45, 2.75) is 69.1 Å². The van der Waals surface area contributed by atoms with Crippen molar-refractivity contribution in [2.24, 2.45) is 0 Å². The molecular weight excluding hydrogens is 222 g/mol. The lowest BCUT2D eigenvalue weighted by molar-refractivity contribution is 0.0250. The molecule has 0 aromatic carbocycles. The molecule has 0 N–H and O–H groups in total. The number of halogens is 1. The maximum absolute atomic E-state index is 6.41. The minimum atomic E-state index is 0.345. The van der Waals surface area contributed by atoms with E-state index >= 15 is 0 Å². The number of ether oxygens (including phenoxy) is 1. The Balaban J connectivity index is 1.80. The predicted octanol–water partition coefficient (Wildman–Crippen LogP) is 3.04. The smallest absolute Gasteiger partial charge is 0.0706 e. The summed E-state index contributed by atoms with van der Waals surface area (Å²) in [6.07, 6.45) is 8.39. The number of hydrogen-bond acceptors (Lipinski definition) is 2. The third kappa shape index (κ3) is 3.12. The van der Waals surface area contributed by atoms with Gasteiger partial charge in [0.05, 0.1) is 12.2 Å². The molecule has 2 nitrogen and oxygen atoms in total. The summed E-state index contributed by atoms with van der Waals surface area (Å²) in [6, 6.07) is 0.565. The molecule has 4 unspecified atom stereocenters. The highest BCUT2D eigenvalue weighted by molar-refractivity contribution is 6.21. The van der Waals surface area contributed by atoms with Gasteiger partial charge in [-0.3, -0.25) is 4.90 Å². The molecule has 1 aliphatic heterocycles. The van der Waals surface area contributed by atoms with E-state index < -0.39 is 0 Å². The second-order valence-corrected chi connectivity index (χ2v) is 6.01. The molecule has 0 radical (unpaired) electrons. The summed E-state index contributed by atoms with van der Waals surface area (Å²) in [5, 5.41) is 0.345. The Hall–Kier alpha value is 0.210. The van der Waals surface area contributed by atoms with E-state index in [-0.39, 0.29) is 0 Å². The molecule has 94 valence electrons. The van der Waals surface area contributed by atoms with Crippen molar-refractivity contribution in [3.8, 4) is 0 Å². The molecule has 0 aromatic heterocycles. The minimum absolute atomic E-state index is 0.345. The summed E-state index contributed by atoms with van der Waals surface area (Å²) < 4.78 is 5.87. The number of alkyl halides is 1. The summed E-state index contributed by atoms with van der Waals surface area (Å²) in [5.41, 5.74) is 0. The zero-order valence-corrected chi connectivity index (χ0v) is 11.2. The van der Waals surface area contributed by atoms with Gasteiger partial charge >= 0.3 is 0 Å². The van der Waals surface area contributed by atoms with Crippen molar-refractivity contribution in [3.05, 3.63) is 0 Å². The molecule has 2 rings (SSSR count). The van der Waals surface area contributed by atoms with Crippen LogP contribution >= 0.6 is 11.6 Å². The highest BCUT2D eigenvalue weighted by Crippen LogP contribution is 2.28. The largest absolute Gasteiger partial charge is 0.374 e. The van der Waals surface area contributed by atoms with Crippen LogP contribution in [0.15, 0.2) is 0 Å². The van der Waals surface area contributed by atoms with Crippen LogP contribution in [0.2, 0.25) is 0 Å². The van der Waals surface area contributed by atoms with Crippen LogP contribution in [0.25, 0.3) is 0 Å². The fraction of sp³-hybridized carbons (Fsp3) is 1.00. The molecule has 0 amide bonds. The molecule has 2 aliphatic rings. The standard InChI is InChI=1S/C13H24ClNO/c1-10-7-8-11(16-10)9-15(2)13-6-4-3-5-12(13)14/h10-13H,3-9H2,1-2H3. The maximum Gasteiger partial charge on any atom is 0.0706 e. The van der Waals surface area contributed by atoms with E-state index in [1.54, 1.807) is 0 Å². The summed E-state index contributed by atoms with van der Waals surface area (Å²) in [6.45, 7) is 3.23. The maximum atomic E-state index is 6.41. The summed E-state index contributed by atoms with van der Waals surface area (Å²) in [4.78, 5) is 2.43. The Labute approximate surface area is 104 Å². The Kier molecular flexibility index (Phi) is 4.51. The van der Waals surface area contributed by atoms with Crippen molar-refractivity contribution in [1.29, 1.82) is 0 Å². The summed E-state index contributed by atoms with van der Waals surface area (Å²) >= 11 is 6.41. The van der Waals surface area contributed by atoms with Crippen molar-refractivity contribution >= 4 is 11.6 Å². The van der Waals surface area contributed by atoms with Crippen LogP contribution in [0, 0.1) is 0 Å². The monoisotopic (exact) mass is 245 g/mol. The molecular formula is C13H24ClNO. The fourth-order valence-corrected chi connectivity index (χ4v) is 3.51. The van der Waals surface area contributed by atoms with E-state index in [0.717, 1.165) is 6.54 Å². The molecule has 16 heavy (non-hydrogen) atoms. The summed E-state index contributed by atoms with van der Waals surface area (Å²) in [5.74, 6) is 0. The van der Waals surface area contributed by atoms with Gasteiger partial charge in [-0.15, -0.1) is 11.6 Å². The van der Waals surface area contributed by atoms with E-state index in [1.807, 2.05) is 0 Å². The van der Waals surface area contributed by atoms with Crippen LogP contribution in [0.1, 0.15) is 45.4 Å². The first kappa shape index (κ1) is 12.7. The van der Waals surface area contributed by atoms with Gasteiger partial charge in [-0.25, -0.2) is 0 Å².